The van der Waals surface area contributed by atoms with Crippen molar-refractivity contribution in [3.8, 4) is 16.9 Å². The third-order valence-corrected chi connectivity index (χ3v) is 5.11. The lowest BCUT2D eigenvalue weighted by Crippen LogP contribution is -2.43. The smallest absolute Gasteiger partial charge is 0.344 e. The fourth-order valence-electron chi connectivity index (χ4n) is 3.44. The van der Waals surface area contributed by atoms with Gasteiger partial charge < -0.3 is 14.4 Å². The van der Waals surface area contributed by atoms with Gasteiger partial charge in [-0.05, 0) is 42.9 Å². The van der Waals surface area contributed by atoms with Gasteiger partial charge in [0.05, 0.1) is 11.1 Å². The van der Waals surface area contributed by atoms with Crippen LogP contribution in [0.1, 0.15) is 5.56 Å². The van der Waals surface area contributed by atoms with Crippen molar-refractivity contribution in [3.05, 3.63) is 64.3 Å². The molecule has 4 rings (SSSR count). The molecule has 27 heavy (non-hydrogen) atoms. The molecule has 0 spiro atoms. The Labute approximate surface area is 156 Å². The predicted molar refractivity (Wildman–Crippen MR) is 102 cm³/mol. The second-order valence-electron chi connectivity index (χ2n) is 7.02. The third-order valence-electron chi connectivity index (χ3n) is 5.11. The minimum atomic E-state index is -0.501. The predicted octanol–water partition coefficient (Wildman–Crippen LogP) is 3.05. The van der Waals surface area contributed by atoms with E-state index < -0.39 is 5.63 Å². The van der Waals surface area contributed by atoms with Gasteiger partial charge in [-0.3, -0.25) is 4.90 Å². The van der Waals surface area contributed by atoms with Gasteiger partial charge in [-0.1, -0.05) is 12.1 Å². The Balaban J connectivity index is 1.74. The average Bonchev–Trinajstić information content (AvgIpc) is 2.66. The summed E-state index contributed by atoms with van der Waals surface area (Å²) in [5.41, 5.74) is 1.50. The van der Waals surface area contributed by atoms with Gasteiger partial charge in [0, 0.05) is 38.1 Å². The first-order valence-electron chi connectivity index (χ1n) is 8.97. The Kier molecular flexibility index (Phi) is 4.68. The highest BCUT2D eigenvalue weighted by atomic mass is 19.1. The van der Waals surface area contributed by atoms with E-state index in [2.05, 4.69) is 16.8 Å². The van der Waals surface area contributed by atoms with Crippen molar-refractivity contribution < 1.29 is 13.9 Å². The van der Waals surface area contributed by atoms with Crippen LogP contribution in [0.4, 0.5) is 4.39 Å². The third kappa shape index (κ3) is 3.59. The van der Waals surface area contributed by atoms with Crippen molar-refractivity contribution in [2.75, 3.05) is 33.2 Å². The number of benzene rings is 2. The summed E-state index contributed by atoms with van der Waals surface area (Å²) in [6, 6.07) is 10.8. The standard InChI is InChI=1S/C21H21FN2O3/c1-23-8-10-24(11-9-23)13-18-19(25)7-4-15-12-17(21(26)27-20(15)18)14-2-5-16(22)6-3-14/h2-7,12,25H,8-11,13H2,1H3. The molecule has 0 saturated carbocycles. The van der Waals surface area contributed by atoms with Crippen molar-refractivity contribution >= 4 is 11.0 Å². The van der Waals surface area contributed by atoms with Gasteiger partial charge in [0.2, 0.25) is 0 Å². The molecule has 1 aliphatic heterocycles. The molecule has 1 N–H and O–H groups in total. The van der Waals surface area contributed by atoms with Crippen LogP contribution in [0, 0.1) is 5.82 Å². The number of halogens is 1. The molecule has 0 atom stereocenters. The fraction of sp³-hybridized carbons (Fsp3) is 0.286. The Morgan fingerprint density at radius 1 is 1.07 bits per heavy atom. The molecule has 140 valence electrons. The number of fused-ring (bicyclic) bond motifs is 1. The van der Waals surface area contributed by atoms with E-state index >= 15 is 0 Å². The van der Waals surface area contributed by atoms with E-state index in [1.165, 1.54) is 12.1 Å². The van der Waals surface area contributed by atoms with Crippen LogP contribution < -0.4 is 5.63 Å². The fourth-order valence-corrected chi connectivity index (χ4v) is 3.44. The number of phenols is 1. The molecule has 3 aromatic rings. The molecule has 1 aromatic heterocycles. The van der Waals surface area contributed by atoms with Crippen LogP contribution in [0.3, 0.4) is 0 Å². The van der Waals surface area contributed by atoms with Crippen molar-refractivity contribution in [1.82, 2.24) is 9.80 Å². The first-order valence-corrected chi connectivity index (χ1v) is 8.97. The van der Waals surface area contributed by atoms with Gasteiger partial charge in [0.15, 0.2) is 0 Å². The highest BCUT2D eigenvalue weighted by Gasteiger charge is 2.19. The van der Waals surface area contributed by atoms with E-state index in [4.69, 9.17) is 4.42 Å². The van der Waals surface area contributed by atoms with Crippen LogP contribution in [-0.2, 0) is 6.54 Å². The van der Waals surface area contributed by atoms with Crippen LogP contribution in [0.2, 0.25) is 0 Å². The van der Waals surface area contributed by atoms with E-state index in [9.17, 15) is 14.3 Å². The highest BCUT2D eigenvalue weighted by molar-refractivity contribution is 5.85. The Morgan fingerprint density at radius 2 is 1.78 bits per heavy atom. The zero-order valence-corrected chi connectivity index (χ0v) is 15.1. The second kappa shape index (κ2) is 7.13. The Morgan fingerprint density at radius 3 is 2.48 bits per heavy atom. The quantitative estimate of drug-likeness (QED) is 0.720. The summed E-state index contributed by atoms with van der Waals surface area (Å²) in [5.74, 6) is -0.234. The van der Waals surface area contributed by atoms with Gasteiger partial charge in [-0.25, -0.2) is 9.18 Å². The lowest BCUT2D eigenvalue weighted by Gasteiger charge is -2.32. The lowest BCUT2D eigenvalue weighted by atomic mass is 10.0. The first kappa shape index (κ1) is 17.7. The number of phenolic OH excluding ortho intramolecular Hbond substituents is 1. The average molecular weight is 368 g/mol. The summed E-state index contributed by atoms with van der Waals surface area (Å²) in [6.45, 7) is 4.23. The molecular formula is C21H21FN2O3. The van der Waals surface area contributed by atoms with Gasteiger partial charge in [-0.2, -0.15) is 0 Å². The molecule has 5 nitrogen and oxygen atoms in total. The van der Waals surface area contributed by atoms with Crippen LogP contribution in [-0.4, -0.2) is 48.1 Å². The molecule has 6 heteroatoms. The van der Waals surface area contributed by atoms with Crippen LogP contribution in [0.5, 0.6) is 5.75 Å². The van der Waals surface area contributed by atoms with Gasteiger partial charge in [0.25, 0.3) is 0 Å². The van der Waals surface area contributed by atoms with E-state index in [0.29, 0.717) is 28.8 Å². The molecule has 0 bridgehead atoms. The number of piperazine rings is 1. The normalized spacial score (nSPS) is 16.1. The summed E-state index contributed by atoms with van der Waals surface area (Å²) in [5, 5.41) is 11.1. The maximum atomic E-state index is 13.2. The molecule has 0 radical (unpaired) electrons. The number of aromatic hydroxyl groups is 1. The minimum absolute atomic E-state index is 0.124. The number of hydrogen-bond donors (Lipinski definition) is 1. The molecule has 1 aliphatic rings. The molecule has 0 amide bonds. The monoisotopic (exact) mass is 368 g/mol. The molecule has 2 aromatic carbocycles. The van der Waals surface area contributed by atoms with Crippen molar-refractivity contribution in [3.63, 3.8) is 0 Å². The van der Waals surface area contributed by atoms with Crippen molar-refractivity contribution in [2.45, 2.75) is 6.54 Å². The number of nitrogens with zero attached hydrogens (tertiary/aromatic N) is 2. The van der Waals surface area contributed by atoms with Crippen LogP contribution in [0.15, 0.2) is 51.7 Å². The lowest BCUT2D eigenvalue weighted by molar-refractivity contribution is 0.147. The zero-order chi connectivity index (χ0) is 19.0. The van der Waals surface area contributed by atoms with Crippen LogP contribution >= 0.6 is 0 Å². The summed E-state index contributed by atoms with van der Waals surface area (Å²) in [6.07, 6.45) is 0. The summed E-state index contributed by atoms with van der Waals surface area (Å²) >= 11 is 0. The maximum absolute atomic E-state index is 13.2. The Hall–Kier alpha value is -2.70. The highest BCUT2D eigenvalue weighted by Crippen LogP contribution is 2.30. The maximum Gasteiger partial charge on any atom is 0.344 e. The number of rotatable bonds is 3. The van der Waals surface area contributed by atoms with E-state index in [-0.39, 0.29) is 11.6 Å². The van der Waals surface area contributed by atoms with Crippen molar-refractivity contribution in [1.29, 1.82) is 0 Å². The molecule has 2 heterocycles. The molecule has 0 aliphatic carbocycles. The first-order chi connectivity index (χ1) is 13.0. The molecular weight excluding hydrogens is 347 g/mol. The number of likely N-dealkylation sites (N-methyl/N-ethyl adjacent to an activating group) is 1. The second-order valence-corrected chi connectivity index (χ2v) is 7.02. The number of hydrogen-bond acceptors (Lipinski definition) is 5. The summed E-state index contributed by atoms with van der Waals surface area (Å²) in [7, 11) is 2.09. The van der Waals surface area contributed by atoms with Gasteiger partial charge >= 0.3 is 5.63 Å². The van der Waals surface area contributed by atoms with Gasteiger partial charge in [0.1, 0.15) is 17.1 Å². The van der Waals surface area contributed by atoms with E-state index in [0.717, 1.165) is 31.6 Å². The van der Waals surface area contributed by atoms with Crippen molar-refractivity contribution in [2.24, 2.45) is 0 Å². The molecule has 0 unspecified atom stereocenters. The minimum Gasteiger partial charge on any atom is -0.507 e. The molecule has 1 saturated heterocycles. The van der Waals surface area contributed by atoms with Gasteiger partial charge in [-0.15, -0.1) is 0 Å². The Bertz CT molecular complexity index is 1020. The van der Waals surface area contributed by atoms with E-state index in [1.54, 1.807) is 30.3 Å². The molecule has 1 fully saturated rings. The SMILES string of the molecule is CN1CCN(Cc2c(O)ccc3cc(-c4ccc(F)cc4)c(=O)oc23)CC1. The zero-order valence-electron chi connectivity index (χ0n) is 15.1. The van der Waals surface area contributed by atoms with Crippen LogP contribution in [0.25, 0.3) is 22.1 Å². The largest absolute Gasteiger partial charge is 0.507 e. The van der Waals surface area contributed by atoms with E-state index in [1.807, 2.05) is 0 Å². The summed E-state index contributed by atoms with van der Waals surface area (Å²) < 4.78 is 18.8. The summed E-state index contributed by atoms with van der Waals surface area (Å²) in [4.78, 5) is 17.1. The topological polar surface area (TPSA) is 56.9 Å².